The van der Waals surface area contributed by atoms with Crippen molar-refractivity contribution in [3.05, 3.63) is 54.1 Å². The Morgan fingerprint density at radius 3 is 2.41 bits per heavy atom. The van der Waals surface area contributed by atoms with Gasteiger partial charge in [0, 0.05) is 32.5 Å². The number of methoxy groups -OCH3 is 2. The first-order valence-corrected chi connectivity index (χ1v) is 8.58. The number of guanidine groups is 1. The van der Waals surface area contributed by atoms with Crippen LogP contribution in [0.4, 0.5) is 5.69 Å². The molecule has 0 saturated carbocycles. The number of hydrogen-bond acceptors (Lipinski definition) is 4. The summed E-state index contributed by atoms with van der Waals surface area (Å²) in [5, 5.41) is 6.55. The average molecular weight is 485 g/mol. The zero-order valence-corrected chi connectivity index (χ0v) is 18.5. The van der Waals surface area contributed by atoms with Gasteiger partial charge in [-0.2, -0.15) is 0 Å². The van der Waals surface area contributed by atoms with E-state index in [1.807, 2.05) is 55.5 Å². The summed E-state index contributed by atoms with van der Waals surface area (Å²) in [6, 6.07) is 15.8. The fourth-order valence-electron chi connectivity index (χ4n) is 2.53. The quantitative estimate of drug-likeness (QED) is 0.335. The molecule has 0 aromatic heterocycles. The predicted octanol–water partition coefficient (Wildman–Crippen LogP) is 4.09. The first kappa shape index (κ1) is 23.0. The summed E-state index contributed by atoms with van der Waals surface area (Å²) in [6.07, 6.45) is -0.0652. The number of anilines is 1. The molecule has 1 atom stereocenters. The Labute approximate surface area is 178 Å². The zero-order chi connectivity index (χ0) is 18.8. The Kier molecular flexibility index (Phi) is 10.6. The van der Waals surface area contributed by atoms with E-state index in [1.165, 1.54) is 0 Å². The van der Waals surface area contributed by atoms with E-state index in [4.69, 9.17) is 14.2 Å². The van der Waals surface area contributed by atoms with Gasteiger partial charge in [0.15, 0.2) is 17.5 Å². The smallest absolute Gasteiger partial charge is 0.195 e. The molecule has 0 heterocycles. The highest BCUT2D eigenvalue weighted by molar-refractivity contribution is 14.0. The SMILES string of the molecule is CCOc1cc(NC(=NC)NCC(OC)c2ccccc2)ccc1OC.I. The maximum atomic E-state index is 5.61. The van der Waals surface area contributed by atoms with Crippen LogP contribution in [-0.2, 0) is 4.74 Å². The van der Waals surface area contributed by atoms with Crippen LogP contribution in [0.15, 0.2) is 53.5 Å². The standard InChI is InChI=1S/C20H27N3O3.HI/c1-5-26-18-13-16(11-12-17(18)24-3)23-20(21-2)22-14-19(25-4)15-9-7-6-8-10-15;/h6-13,19H,5,14H2,1-4H3,(H2,21,22,23);1H. The number of ether oxygens (including phenoxy) is 3. The summed E-state index contributed by atoms with van der Waals surface area (Å²) in [4.78, 5) is 4.27. The summed E-state index contributed by atoms with van der Waals surface area (Å²) in [5.74, 6) is 2.04. The minimum Gasteiger partial charge on any atom is -0.493 e. The fraction of sp³-hybridized carbons (Fsp3) is 0.350. The van der Waals surface area contributed by atoms with Gasteiger partial charge in [0.05, 0.1) is 19.8 Å². The molecule has 0 bridgehead atoms. The van der Waals surface area contributed by atoms with Crippen molar-refractivity contribution in [3.63, 3.8) is 0 Å². The van der Waals surface area contributed by atoms with Gasteiger partial charge in [-0.3, -0.25) is 4.99 Å². The van der Waals surface area contributed by atoms with Crippen LogP contribution >= 0.6 is 24.0 Å². The van der Waals surface area contributed by atoms with Gasteiger partial charge in [0.2, 0.25) is 0 Å². The summed E-state index contributed by atoms with van der Waals surface area (Å²) in [5.41, 5.74) is 1.97. The molecule has 2 aromatic carbocycles. The molecule has 0 aliphatic carbocycles. The van der Waals surface area contributed by atoms with Gasteiger partial charge in [0.1, 0.15) is 0 Å². The largest absolute Gasteiger partial charge is 0.493 e. The van der Waals surface area contributed by atoms with E-state index in [9.17, 15) is 0 Å². The number of halogens is 1. The summed E-state index contributed by atoms with van der Waals surface area (Å²) in [7, 11) is 5.06. The second-order valence-corrected chi connectivity index (χ2v) is 5.51. The number of rotatable bonds is 8. The molecule has 0 amide bonds. The molecule has 27 heavy (non-hydrogen) atoms. The molecule has 1 unspecified atom stereocenters. The third-order valence-corrected chi connectivity index (χ3v) is 3.86. The zero-order valence-electron chi connectivity index (χ0n) is 16.2. The van der Waals surface area contributed by atoms with Crippen LogP contribution in [0.2, 0.25) is 0 Å². The molecule has 2 aromatic rings. The lowest BCUT2D eigenvalue weighted by Gasteiger charge is -2.19. The minimum atomic E-state index is -0.0652. The highest BCUT2D eigenvalue weighted by Crippen LogP contribution is 2.30. The monoisotopic (exact) mass is 485 g/mol. The van der Waals surface area contributed by atoms with E-state index in [0.29, 0.717) is 30.6 Å². The van der Waals surface area contributed by atoms with Crippen LogP contribution in [0.1, 0.15) is 18.6 Å². The number of hydrogen-bond donors (Lipinski definition) is 2. The molecule has 0 aliphatic heterocycles. The van der Waals surface area contributed by atoms with Crippen molar-refractivity contribution >= 4 is 35.6 Å². The fourth-order valence-corrected chi connectivity index (χ4v) is 2.53. The maximum absolute atomic E-state index is 5.61. The van der Waals surface area contributed by atoms with Crippen molar-refractivity contribution in [2.75, 3.05) is 39.7 Å². The van der Waals surface area contributed by atoms with Crippen molar-refractivity contribution < 1.29 is 14.2 Å². The Balaban J connectivity index is 0.00000364. The second kappa shape index (κ2) is 12.4. The minimum absolute atomic E-state index is 0. The Morgan fingerprint density at radius 2 is 1.81 bits per heavy atom. The van der Waals surface area contributed by atoms with E-state index in [0.717, 1.165) is 11.3 Å². The predicted molar refractivity (Wildman–Crippen MR) is 121 cm³/mol. The molecule has 2 rings (SSSR count). The molecule has 0 radical (unpaired) electrons. The normalized spacial score (nSPS) is 11.9. The first-order valence-electron chi connectivity index (χ1n) is 8.58. The number of aliphatic imine (C=N–C) groups is 1. The van der Waals surface area contributed by atoms with Crippen molar-refractivity contribution in [1.29, 1.82) is 0 Å². The van der Waals surface area contributed by atoms with Gasteiger partial charge in [-0.15, -0.1) is 24.0 Å². The Hall–Kier alpha value is -2.00. The third kappa shape index (κ3) is 6.91. The number of benzene rings is 2. The molecular weight excluding hydrogens is 457 g/mol. The van der Waals surface area contributed by atoms with Crippen LogP contribution < -0.4 is 20.1 Å². The van der Waals surface area contributed by atoms with E-state index in [-0.39, 0.29) is 30.1 Å². The molecule has 0 spiro atoms. The van der Waals surface area contributed by atoms with E-state index in [1.54, 1.807) is 21.3 Å². The molecule has 7 heteroatoms. The topological polar surface area (TPSA) is 64.1 Å². The van der Waals surface area contributed by atoms with Crippen molar-refractivity contribution in [2.45, 2.75) is 13.0 Å². The molecular formula is C20H28IN3O3. The third-order valence-electron chi connectivity index (χ3n) is 3.86. The number of nitrogens with zero attached hydrogens (tertiary/aromatic N) is 1. The van der Waals surface area contributed by atoms with Crippen molar-refractivity contribution in [2.24, 2.45) is 4.99 Å². The summed E-state index contributed by atoms with van der Waals surface area (Å²) in [6.45, 7) is 3.10. The summed E-state index contributed by atoms with van der Waals surface area (Å²) >= 11 is 0. The van der Waals surface area contributed by atoms with Crippen LogP contribution in [-0.4, -0.2) is 40.4 Å². The van der Waals surface area contributed by atoms with Gasteiger partial charge in [-0.25, -0.2) is 0 Å². The number of nitrogens with one attached hydrogen (secondary N) is 2. The lowest BCUT2D eigenvalue weighted by Crippen LogP contribution is -2.34. The molecule has 0 saturated heterocycles. The summed E-state index contributed by atoms with van der Waals surface area (Å²) < 4.78 is 16.5. The van der Waals surface area contributed by atoms with Crippen molar-refractivity contribution in [3.8, 4) is 11.5 Å². The van der Waals surface area contributed by atoms with Crippen molar-refractivity contribution in [1.82, 2.24) is 5.32 Å². The van der Waals surface area contributed by atoms with Crippen LogP contribution in [0.3, 0.4) is 0 Å². The lowest BCUT2D eigenvalue weighted by atomic mass is 10.1. The van der Waals surface area contributed by atoms with Gasteiger partial charge in [-0.1, -0.05) is 30.3 Å². The van der Waals surface area contributed by atoms with Crippen LogP contribution in [0.5, 0.6) is 11.5 Å². The van der Waals surface area contributed by atoms with E-state index in [2.05, 4.69) is 15.6 Å². The molecule has 0 fully saturated rings. The first-order chi connectivity index (χ1) is 12.7. The van der Waals surface area contributed by atoms with Crippen LogP contribution in [0.25, 0.3) is 0 Å². The van der Waals surface area contributed by atoms with Crippen LogP contribution in [0, 0.1) is 0 Å². The molecule has 6 nitrogen and oxygen atoms in total. The highest BCUT2D eigenvalue weighted by Gasteiger charge is 2.12. The Bertz CT molecular complexity index is 711. The Morgan fingerprint density at radius 1 is 1.07 bits per heavy atom. The average Bonchev–Trinajstić information content (AvgIpc) is 2.69. The molecule has 148 valence electrons. The highest BCUT2D eigenvalue weighted by atomic mass is 127. The van der Waals surface area contributed by atoms with Gasteiger partial charge >= 0.3 is 0 Å². The molecule has 2 N–H and O–H groups in total. The van der Waals surface area contributed by atoms with E-state index >= 15 is 0 Å². The van der Waals surface area contributed by atoms with Gasteiger partial charge in [-0.05, 0) is 24.6 Å². The second-order valence-electron chi connectivity index (χ2n) is 5.51. The van der Waals surface area contributed by atoms with E-state index < -0.39 is 0 Å². The van der Waals surface area contributed by atoms with Gasteiger partial charge < -0.3 is 24.8 Å². The van der Waals surface area contributed by atoms with Gasteiger partial charge in [0.25, 0.3) is 0 Å². The maximum Gasteiger partial charge on any atom is 0.195 e. The molecule has 0 aliphatic rings. The lowest BCUT2D eigenvalue weighted by molar-refractivity contribution is 0.106.